The van der Waals surface area contributed by atoms with Crippen LogP contribution in [0.15, 0.2) is 18.2 Å². The van der Waals surface area contributed by atoms with Gasteiger partial charge in [-0.05, 0) is 37.0 Å². The maximum absolute atomic E-state index is 13.1. The van der Waals surface area contributed by atoms with Gasteiger partial charge >= 0.3 is 0 Å². The highest BCUT2D eigenvalue weighted by Crippen LogP contribution is 2.20. The Hall–Kier alpha value is -0.270. The van der Waals surface area contributed by atoms with Crippen LogP contribution < -0.4 is 0 Å². The zero-order valence-electron chi connectivity index (χ0n) is 8.23. The van der Waals surface area contributed by atoms with E-state index >= 15 is 0 Å². The van der Waals surface area contributed by atoms with Crippen molar-refractivity contribution in [2.75, 3.05) is 0 Å². The molecule has 1 rings (SSSR count). The average Bonchev–Trinajstić information content (AvgIpc) is 2.11. The third-order valence-electron chi connectivity index (χ3n) is 2.33. The van der Waals surface area contributed by atoms with Gasteiger partial charge in [0, 0.05) is 5.38 Å². The van der Waals surface area contributed by atoms with Gasteiger partial charge in [-0.3, -0.25) is 0 Å². The van der Waals surface area contributed by atoms with Crippen molar-refractivity contribution in [1.82, 2.24) is 0 Å². The van der Waals surface area contributed by atoms with Crippen LogP contribution in [0.2, 0.25) is 5.02 Å². The highest BCUT2D eigenvalue weighted by Gasteiger charge is 2.10. The summed E-state index contributed by atoms with van der Waals surface area (Å²) in [6, 6.07) is 4.89. The fourth-order valence-corrected chi connectivity index (χ4v) is 1.41. The molecule has 0 aliphatic carbocycles. The summed E-state index contributed by atoms with van der Waals surface area (Å²) in [5, 5.41) is 0.258. The number of hydrogen-bond donors (Lipinski definition) is 0. The summed E-state index contributed by atoms with van der Waals surface area (Å²) in [5.41, 5.74) is 0.937. The SMILES string of the molecule is CC(Cl)C(C)Cc1ccc(Cl)c(F)c1. The van der Waals surface area contributed by atoms with E-state index in [2.05, 4.69) is 0 Å². The Morgan fingerprint density at radius 3 is 2.50 bits per heavy atom. The van der Waals surface area contributed by atoms with E-state index in [-0.39, 0.29) is 16.2 Å². The second kappa shape index (κ2) is 4.99. The monoisotopic (exact) mass is 234 g/mol. The lowest BCUT2D eigenvalue weighted by molar-refractivity contribution is 0.562. The van der Waals surface area contributed by atoms with Crippen LogP contribution in [-0.4, -0.2) is 5.38 Å². The molecule has 0 aliphatic heterocycles. The number of alkyl halides is 1. The van der Waals surface area contributed by atoms with Crippen LogP contribution in [0.4, 0.5) is 4.39 Å². The van der Waals surface area contributed by atoms with E-state index in [4.69, 9.17) is 23.2 Å². The van der Waals surface area contributed by atoms with Crippen molar-refractivity contribution in [3.63, 3.8) is 0 Å². The molecule has 0 fully saturated rings. The highest BCUT2D eigenvalue weighted by atomic mass is 35.5. The molecule has 14 heavy (non-hydrogen) atoms. The maximum Gasteiger partial charge on any atom is 0.142 e. The quantitative estimate of drug-likeness (QED) is 0.685. The van der Waals surface area contributed by atoms with Gasteiger partial charge in [-0.2, -0.15) is 0 Å². The van der Waals surface area contributed by atoms with E-state index in [1.165, 1.54) is 6.07 Å². The first kappa shape index (κ1) is 11.8. The third-order valence-corrected chi connectivity index (χ3v) is 3.06. The van der Waals surface area contributed by atoms with Gasteiger partial charge in [0.2, 0.25) is 0 Å². The number of benzene rings is 1. The summed E-state index contributed by atoms with van der Waals surface area (Å²) < 4.78 is 13.1. The molecule has 0 amide bonds. The Kier molecular flexibility index (Phi) is 4.21. The van der Waals surface area contributed by atoms with Crippen LogP contribution in [0.25, 0.3) is 0 Å². The first-order valence-corrected chi connectivity index (χ1v) is 5.40. The summed E-state index contributed by atoms with van der Waals surface area (Å²) in [6.45, 7) is 3.99. The molecule has 1 aromatic rings. The lowest BCUT2D eigenvalue weighted by Crippen LogP contribution is -2.10. The van der Waals surface area contributed by atoms with Crippen LogP contribution >= 0.6 is 23.2 Å². The molecule has 0 saturated heterocycles. The fraction of sp³-hybridized carbons (Fsp3) is 0.455. The molecule has 0 radical (unpaired) electrons. The molecule has 0 saturated carbocycles. The normalized spacial score (nSPS) is 15.2. The van der Waals surface area contributed by atoms with Crippen molar-refractivity contribution in [2.45, 2.75) is 25.6 Å². The topological polar surface area (TPSA) is 0 Å². The van der Waals surface area contributed by atoms with Gasteiger partial charge in [-0.1, -0.05) is 24.6 Å². The van der Waals surface area contributed by atoms with Crippen LogP contribution in [0.3, 0.4) is 0 Å². The summed E-state index contributed by atoms with van der Waals surface area (Å²) in [4.78, 5) is 0. The summed E-state index contributed by atoms with van der Waals surface area (Å²) in [7, 11) is 0. The zero-order valence-corrected chi connectivity index (χ0v) is 9.74. The number of hydrogen-bond acceptors (Lipinski definition) is 0. The van der Waals surface area contributed by atoms with Gasteiger partial charge in [-0.15, -0.1) is 11.6 Å². The molecule has 78 valence electrons. The minimum absolute atomic E-state index is 0.0914. The van der Waals surface area contributed by atoms with Crippen molar-refractivity contribution in [3.05, 3.63) is 34.6 Å². The average molecular weight is 235 g/mol. The summed E-state index contributed by atoms with van der Waals surface area (Å²) >= 11 is 11.5. The van der Waals surface area contributed by atoms with Crippen molar-refractivity contribution >= 4 is 23.2 Å². The molecular weight excluding hydrogens is 222 g/mol. The maximum atomic E-state index is 13.1. The van der Waals surface area contributed by atoms with Crippen molar-refractivity contribution < 1.29 is 4.39 Å². The van der Waals surface area contributed by atoms with Crippen molar-refractivity contribution in [1.29, 1.82) is 0 Å². The Morgan fingerprint density at radius 2 is 2.00 bits per heavy atom. The Bertz CT molecular complexity index is 310. The minimum Gasteiger partial charge on any atom is -0.205 e. The Balaban J connectivity index is 2.73. The van der Waals surface area contributed by atoms with Gasteiger partial charge in [0.1, 0.15) is 5.82 Å². The lowest BCUT2D eigenvalue weighted by atomic mass is 9.98. The summed E-state index contributed by atoms with van der Waals surface area (Å²) in [6.07, 6.45) is 0.777. The molecule has 0 aromatic heterocycles. The molecule has 0 nitrogen and oxygen atoms in total. The van der Waals surface area contributed by atoms with E-state index in [9.17, 15) is 4.39 Å². The first-order valence-electron chi connectivity index (χ1n) is 4.58. The highest BCUT2D eigenvalue weighted by molar-refractivity contribution is 6.30. The molecule has 0 N–H and O–H groups in total. The fourth-order valence-electron chi connectivity index (χ4n) is 1.20. The van der Waals surface area contributed by atoms with E-state index in [1.54, 1.807) is 6.07 Å². The number of halogens is 3. The van der Waals surface area contributed by atoms with Gasteiger partial charge < -0.3 is 0 Å². The molecule has 3 heteroatoms. The molecule has 1 aromatic carbocycles. The first-order chi connectivity index (χ1) is 6.50. The Labute approximate surface area is 94.0 Å². The van der Waals surface area contributed by atoms with Crippen LogP contribution in [0, 0.1) is 11.7 Å². The van der Waals surface area contributed by atoms with Gasteiger partial charge in [0.25, 0.3) is 0 Å². The smallest absolute Gasteiger partial charge is 0.142 e. The second-order valence-electron chi connectivity index (χ2n) is 3.61. The lowest BCUT2D eigenvalue weighted by Gasteiger charge is -2.13. The van der Waals surface area contributed by atoms with Crippen LogP contribution in [0.1, 0.15) is 19.4 Å². The number of rotatable bonds is 3. The van der Waals surface area contributed by atoms with Crippen molar-refractivity contribution in [2.24, 2.45) is 5.92 Å². The molecule has 2 unspecified atom stereocenters. The third kappa shape index (κ3) is 3.14. The van der Waals surface area contributed by atoms with E-state index in [0.29, 0.717) is 5.92 Å². The van der Waals surface area contributed by atoms with Crippen molar-refractivity contribution in [3.8, 4) is 0 Å². The second-order valence-corrected chi connectivity index (χ2v) is 4.70. The molecule has 2 atom stereocenters. The molecular formula is C11H13Cl2F. The minimum atomic E-state index is -0.362. The van der Waals surface area contributed by atoms with E-state index < -0.39 is 0 Å². The molecule has 0 bridgehead atoms. The molecule has 0 spiro atoms. The van der Waals surface area contributed by atoms with Gasteiger partial charge in [0.15, 0.2) is 0 Å². The summed E-state index contributed by atoms with van der Waals surface area (Å²) in [5.74, 6) is -0.0316. The van der Waals surface area contributed by atoms with E-state index in [1.807, 2.05) is 19.9 Å². The van der Waals surface area contributed by atoms with Gasteiger partial charge in [0.05, 0.1) is 5.02 Å². The molecule has 0 heterocycles. The predicted molar refractivity (Wildman–Crippen MR) is 59.6 cm³/mol. The standard InChI is InChI=1S/C11H13Cl2F/c1-7(8(2)12)5-9-3-4-10(13)11(14)6-9/h3-4,6-8H,5H2,1-2H3. The molecule has 0 aliphatic rings. The van der Waals surface area contributed by atoms with Gasteiger partial charge in [-0.25, -0.2) is 4.39 Å². The largest absolute Gasteiger partial charge is 0.205 e. The Morgan fingerprint density at radius 1 is 1.36 bits per heavy atom. The van der Waals surface area contributed by atoms with E-state index in [0.717, 1.165) is 12.0 Å². The zero-order chi connectivity index (χ0) is 10.7. The predicted octanol–water partition coefficient (Wildman–Crippen LogP) is 4.29. The van der Waals surface area contributed by atoms with Crippen LogP contribution in [-0.2, 0) is 6.42 Å². The van der Waals surface area contributed by atoms with Crippen LogP contribution in [0.5, 0.6) is 0 Å².